The van der Waals surface area contributed by atoms with Crippen LogP contribution in [0, 0.1) is 0 Å². The van der Waals surface area contributed by atoms with E-state index in [1.165, 1.54) is 225 Å². The van der Waals surface area contributed by atoms with Crippen LogP contribution in [0.2, 0.25) is 0 Å². The molecule has 0 aliphatic heterocycles. The summed E-state index contributed by atoms with van der Waals surface area (Å²) in [6, 6.07) is -0.851. The van der Waals surface area contributed by atoms with Gasteiger partial charge in [-0.3, -0.25) is 18.6 Å². The molecule has 3 unspecified atom stereocenters. The Labute approximate surface area is 503 Å². The van der Waals surface area contributed by atoms with Crippen molar-refractivity contribution in [2.75, 3.05) is 40.9 Å². The van der Waals surface area contributed by atoms with E-state index in [0.29, 0.717) is 23.9 Å². The number of carbonyl (C=O) groups is 2. The zero-order valence-corrected chi connectivity index (χ0v) is 55.4. The van der Waals surface area contributed by atoms with E-state index in [2.05, 4.69) is 62.5 Å². The first-order valence-corrected chi connectivity index (χ1v) is 36.5. The third-order valence-corrected chi connectivity index (χ3v) is 16.7. The topological polar surface area (TPSA) is 111 Å². The molecule has 0 saturated heterocycles. The van der Waals surface area contributed by atoms with Gasteiger partial charge in [-0.05, 0) is 89.5 Å². The molecule has 0 radical (unpaired) electrons. The largest absolute Gasteiger partial charge is 0.472 e. The molecular formula is C71H136N2O7P+. The van der Waals surface area contributed by atoms with Gasteiger partial charge in [0.05, 0.1) is 33.8 Å². The molecule has 0 aromatic heterocycles. The first-order valence-electron chi connectivity index (χ1n) is 35.0. The average molecular weight is 1160 g/mol. The summed E-state index contributed by atoms with van der Waals surface area (Å²) in [5.74, 6) is -0.500. The molecule has 0 spiro atoms. The fourth-order valence-electron chi connectivity index (χ4n) is 10.3. The molecule has 0 heterocycles. The molecule has 0 rings (SSSR count). The SMILES string of the molecule is CCCCC/C=C\C/C=C\CCCCCCCCCCCCCCCCCCCC(=O)OC(/C=C\CCCCCCCCCCCC)C(COP(=O)(O)OCC[N+](C)(C)C)NC(=O)CCCCCCC/C=C/CCCCCCCCC. The summed E-state index contributed by atoms with van der Waals surface area (Å²) >= 11 is 0. The first kappa shape index (κ1) is 79.0. The Kier molecular flexibility index (Phi) is 59.5. The van der Waals surface area contributed by atoms with Crippen LogP contribution in [0.3, 0.4) is 0 Å². The Hall–Kier alpha value is -2.03. The number of ether oxygens (including phenoxy) is 1. The summed E-state index contributed by atoms with van der Waals surface area (Å²) in [5, 5.41) is 3.06. The van der Waals surface area contributed by atoms with Crippen LogP contribution in [-0.2, 0) is 27.9 Å². The van der Waals surface area contributed by atoms with Crippen molar-refractivity contribution >= 4 is 19.7 Å². The van der Waals surface area contributed by atoms with Crippen LogP contribution in [0.5, 0.6) is 0 Å². The van der Waals surface area contributed by atoms with E-state index in [-0.39, 0.29) is 25.1 Å². The number of amides is 1. The van der Waals surface area contributed by atoms with Crippen molar-refractivity contribution in [2.45, 2.75) is 354 Å². The van der Waals surface area contributed by atoms with Gasteiger partial charge >= 0.3 is 13.8 Å². The average Bonchev–Trinajstić information content (AvgIpc) is 3.44. The maximum absolute atomic E-state index is 13.6. The summed E-state index contributed by atoms with van der Waals surface area (Å²) in [6.45, 7) is 7.02. The number of allylic oxidation sites excluding steroid dienone is 7. The zero-order valence-electron chi connectivity index (χ0n) is 54.5. The van der Waals surface area contributed by atoms with E-state index in [4.69, 9.17) is 13.8 Å². The van der Waals surface area contributed by atoms with E-state index < -0.39 is 20.0 Å². The van der Waals surface area contributed by atoms with E-state index in [0.717, 1.165) is 83.5 Å². The number of phosphoric acid groups is 1. The van der Waals surface area contributed by atoms with Crippen LogP contribution >= 0.6 is 7.82 Å². The second-order valence-corrected chi connectivity index (χ2v) is 26.5. The van der Waals surface area contributed by atoms with Crippen molar-refractivity contribution in [1.82, 2.24) is 5.32 Å². The summed E-state index contributed by atoms with van der Waals surface area (Å²) < 4.78 is 30.8. The lowest BCUT2D eigenvalue weighted by Gasteiger charge is -2.27. The number of quaternary nitrogens is 1. The second kappa shape index (κ2) is 61.1. The van der Waals surface area contributed by atoms with Crippen LogP contribution in [0.15, 0.2) is 48.6 Å². The van der Waals surface area contributed by atoms with Gasteiger partial charge < -0.3 is 19.4 Å². The molecule has 0 saturated carbocycles. The van der Waals surface area contributed by atoms with Crippen molar-refractivity contribution in [2.24, 2.45) is 0 Å². The van der Waals surface area contributed by atoms with Gasteiger partial charge in [-0.2, -0.15) is 0 Å². The van der Waals surface area contributed by atoms with Crippen LogP contribution in [0.4, 0.5) is 0 Å². The number of nitrogens with one attached hydrogen (secondary N) is 1. The zero-order chi connectivity index (χ0) is 59.3. The van der Waals surface area contributed by atoms with Gasteiger partial charge in [0, 0.05) is 12.8 Å². The van der Waals surface area contributed by atoms with Gasteiger partial charge in [0.15, 0.2) is 0 Å². The van der Waals surface area contributed by atoms with Gasteiger partial charge in [0.25, 0.3) is 0 Å². The number of hydrogen-bond donors (Lipinski definition) is 2. The number of likely N-dealkylation sites (N-methyl/N-ethyl adjacent to an activating group) is 1. The lowest BCUT2D eigenvalue weighted by molar-refractivity contribution is -0.870. The molecule has 0 fully saturated rings. The normalized spacial score (nSPS) is 13.8. The van der Waals surface area contributed by atoms with Gasteiger partial charge in [0.1, 0.15) is 19.3 Å². The minimum Gasteiger partial charge on any atom is -0.456 e. The predicted octanol–water partition coefficient (Wildman–Crippen LogP) is 22.0. The van der Waals surface area contributed by atoms with Crippen molar-refractivity contribution in [3.8, 4) is 0 Å². The molecule has 0 aliphatic rings. The van der Waals surface area contributed by atoms with Crippen molar-refractivity contribution in [1.29, 1.82) is 0 Å². The van der Waals surface area contributed by atoms with Gasteiger partial charge in [-0.15, -0.1) is 0 Å². The number of esters is 1. The Balaban J connectivity index is 5.00. The third-order valence-electron chi connectivity index (χ3n) is 15.7. The molecule has 9 nitrogen and oxygen atoms in total. The van der Waals surface area contributed by atoms with Crippen LogP contribution in [-0.4, -0.2) is 74.3 Å². The number of hydrogen-bond acceptors (Lipinski definition) is 6. The van der Waals surface area contributed by atoms with Crippen molar-refractivity contribution < 1.29 is 37.3 Å². The van der Waals surface area contributed by atoms with E-state index in [1.54, 1.807) is 0 Å². The number of unbranched alkanes of at least 4 members (excludes halogenated alkanes) is 42. The molecule has 1 amide bonds. The molecule has 0 bridgehead atoms. The summed E-state index contributed by atoms with van der Waals surface area (Å²) in [4.78, 5) is 37.8. The molecule has 0 aromatic rings. The maximum Gasteiger partial charge on any atom is 0.472 e. The highest BCUT2D eigenvalue weighted by atomic mass is 31.2. The van der Waals surface area contributed by atoms with Crippen molar-refractivity contribution in [3.63, 3.8) is 0 Å². The van der Waals surface area contributed by atoms with E-state index >= 15 is 0 Å². The summed E-state index contributed by atoms with van der Waals surface area (Å²) in [5.41, 5.74) is 0. The molecule has 81 heavy (non-hydrogen) atoms. The minimum absolute atomic E-state index is 0.0402. The van der Waals surface area contributed by atoms with Crippen LogP contribution < -0.4 is 5.32 Å². The Bertz CT molecular complexity index is 1520. The standard InChI is InChI=1S/C71H135N2O7P/c1-7-10-13-16-19-22-25-28-30-32-33-34-35-36-37-38-39-40-41-42-44-46-49-52-55-58-61-64-71(75)80-69(62-59-56-53-50-47-27-24-21-18-15-12-9-3)68(67-79-81(76,77)78-66-65-73(4,5)6)72-70(74)63-60-57-54-51-48-45-43-31-29-26-23-20-17-14-11-8-2/h19,22,28,30-31,43,59,62,68-69H,7-18,20-21,23-27,29,32-42,44-58,60-61,63-67H2,1-6H3,(H-,72,74,76,77)/p+1/b22-19-,30-28-,43-31+,62-59-. The van der Waals surface area contributed by atoms with Gasteiger partial charge in [-0.25, -0.2) is 4.57 Å². The van der Waals surface area contributed by atoms with Gasteiger partial charge in [-0.1, -0.05) is 288 Å². The minimum atomic E-state index is -4.45. The molecule has 2 N–H and O–H groups in total. The smallest absolute Gasteiger partial charge is 0.456 e. The van der Waals surface area contributed by atoms with Crippen LogP contribution in [0.1, 0.15) is 342 Å². The van der Waals surface area contributed by atoms with Crippen LogP contribution in [0.25, 0.3) is 0 Å². The molecule has 476 valence electrons. The number of nitrogens with zero attached hydrogens (tertiary/aromatic N) is 1. The monoisotopic (exact) mass is 1160 g/mol. The molecule has 10 heteroatoms. The van der Waals surface area contributed by atoms with E-state index in [1.807, 2.05) is 33.3 Å². The maximum atomic E-state index is 13.6. The van der Waals surface area contributed by atoms with Crippen molar-refractivity contribution in [3.05, 3.63) is 48.6 Å². The quantitative estimate of drug-likeness (QED) is 0.0205. The Morgan fingerprint density at radius 2 is 0.753 bits per heavy atom. The Morgan fingerprint density at radius 3 is 1.15 bits per heavy atom. The Morgan fingerprint density at radius 1 is 0.432 bits per heavy atom. The summed E-state index contributed by atoms with van der Waals surface area (Å²) in [6.07, 6.45) is 77.0. The number of rotatable bonds is 64. The molecule has 0 aromatic carbocycles. The highest BCUT2D eigenvalue weighted by Gasteiger charge is 2.30. The van der Waals surface area contributed by atoms with Gasteiger partial charge in [0.2, 0.25) is 5.91 Å². The van der Waals surface area contributed by atoms with E-state index in [9.17, 15) is 19.0 Å². The highest BCUT2D eigenvalue weighted by molar-refractivity contribution is 7.47. The molecular weight excluding hydrogens is 1020 g/mol. The molecule has 0 aliphatic carbocycles. The lowest BCUT2D eigenvalue weighted by Crippen LogP contribution is -2.47. The second-order valence-electron chi connectivity index (χ2n) is 25.0. The third kappa shape index (κ3) is 62.3. The first-order chi connectivity index (χ1) is 39.4. The molecule has 3 atom stereocenters. The highest BCUT2D eigenvalue weighted by Crippen LogP contribution is 2.43. The fraction of sp³-hybridized carbons (Fsp3) is 0.859. The fourth-order valence-corrected chi connectivity index (χ4v) is 11.1. The number of phosphoric ester groups is 1. The summed E-state index contributed by atoms with van der Waals surface area (Å²) in [7, 11) is 1.50. The number of carbonyl (C=O) groups excluding carboxylic acids is 2. The predicted molar refractivity (Wildman–Crippen MR) is 351 cm³/mol. The lowest BCUT2D eigenvalue weighted by atomic mass is 10.0.